The Kier molecular flexibility index (Phi) is 3.70. The third-order valence-corrected chi connectivity index (χ3v) is 3.41. The fourth-order valence-corrected chi connectivity index (χ4v) is 2.33. The Balaban J connectivity index is 2.12. The third kappa shape index (κ3) is 2.48. The van der Waals surface area contributed by atoms with Crippen molar-refractivity contribution in [3.63, 3.8) is 0 Å². The molecule has 3 rings (SSSR count). The third-order valence-electron chi connectivity index (χ3n) is 3.41. The van der Waals surface area contributed by atoms with E-state index in [9.17, 15) is 9.59 Å². The molecule has 1 N–H and O–H groups in total. The van der Waals surface area contributed by atoms with Gasteiger partial charge in [0.1, 0.15) is 0 Å². The molecule has 0 saturated heterocycles. The molecule has 110 valence electrons. The van der Waals surface area contributed by atoms with Crippen molar-refractivity contribution in [1.29, 1.82) is 0 Å². The van der Waals surface area contributed by atoms with E-state index in [4.69, 9.17) is 0 Å². The maximum Gasteiger partial charge on any atom is 0.276 e. The predicted molar refractivity (Wildman–Crippen MR) is 86.1 cm³/mol. The molecule has 1 heterocycles. The summed E-state index contributed by atoms with van der Waals surface area (Å²) in [6, 6.07) is 16.2. The quantitative estimate of drug-likeness (QED) is 0.807. The molecule has 3 aromatic rings. The Hall–Kier alpha value is -2.95. The molecule has 0 saturated carbocycles. The van der Waals surface area contributed by atoms with E-state index in [1.807, 2.05) is 25.1 Å². The fraction of sp³-hybridized carbons (Fsp3) is 0.118. The Morgan fingerprint density at radius 1 is 1.05 bits per heavy atom. The standard InChI is InChI=1S/C17H15N3O2/c1-2-20-17(22)14-11-7-6-10-13(14)15(19-20)16(21)18-12-8-4-3-5-9-12/h3-11H,2H2,1H3,(H,18,21). The van der Waals surface area contributed by atoms with Crippen LogP contribution in [0.2, 0.25) is 0 Å². The van der Waals surface area contributed by atoms with Crippen molar-refractivity contribution in [2.75, 3.05) is 5.32 Å². The van der Waals surface area contributed by atoms with Crippen molar-refractivity contribution in [2.45, 2.75) is 13.5 Å². The van der Waals surface area contributed by atoms with E-state index in [1.165, 1.54) is 4.68 Å². The highest BCUT2D eigenvalue weighted by atomic mass is 16.2. The maximum absolute atomic E-state index is 12.5. The average Bonchev–Trinajstić information content (AvgIpc) is 2.56. The first-order valence-electron chi connectivity index (χ1n) is 7.07. The summed E-state index contributed by atoms with van der Waals surface area (Å²) < 4.78 is 1.31. The van der Waals surface area contributed by atoms with Gasteiger partial charge < -0.3 is 5.32 Å². The Labute approximate surface area is 127 Å². The lowest BCUT2D eigenvalue weighted by Gasteiger charge is -2.10. The van der Waals surface area contributed by atoms with Crippen LogP contribution in [0.4, 0.5) is 5.69 Å². The van der Waals surface area contributed by atoms with Crippen molar-refractivity contribution in [3.8, 4) is 0 Å². The highest BCUT2D eigenvalue weighted by Gasteiger charge is 2.16. The van der Waals surface area contributed by atoms with Gasteiger partial charge in [0.25, 0.3) is 11.5 Å². The van der Waals surface area contributed by atoms with E-state index in [0.717, 1.165) is 0 Å². The monoisotopic (exact) mass is 293 g/mol. The summed E-state index contributed by atoms with van der Waals surface area (Å²) in [4.78, 5) is 24.8. The van der Waals surface area contributed by atoms with Crippen LogP contribution in [0.25, 0.3) is 10.8 Å². The van der Waals surface area contributed by atoms with Gasteiger partial charge in [-0.05, 0) is 25.1 Å². The molecule has 0 spiro atoms. The lowest BCUT2D eigenvalue weighted by atomic mass is 10.1. The molecule has 0 aliphatic heterocycles. The summed E-state index contributed by atoms with van der Waals surface area (Å²) in [5.74, 6) is -0.329. The smallest absolute Gasteiger partial charge is 0.276 e. The number of nitrogens with one attached hydrogen (secondary N) is 1. The van der Waals surface area contributed by atoms with Crippen LogP contribution in [-0.4, -0.2) is 15.7 Å². The molecule has 0 radical (unpaired) electrons. The van der Waals surface area contributed by atoms with Crippen molar-refractivity contribution in [2.24, 2.45) is 0 Å². The molecular weight excluding hydrogens is 278 g/mol. The summed E-state index contributed by atoms with van der Waals surface area (Å²) in [5.41, 5.74) is 0.753. The Morgan fingerprint density at radius 2 is 1.68 bits per heavy atom. The van der Waals surface area contributed by atoms with Crippen LogP contribution in [0.15, 0.2) is 59.4 Å². The number of carbonyl (C=O) groups is 1. The molecule has 5 nitrogen and oxygen atoms in total. The number of para-hydroxylation sites is 1. The zero-order valence-corrected chi connectivity index (χ0v) is 12.1. The number of aromatic nitrogens is 2. The molecule has 0 bridgehead atoms. The summed E-state index contributed by atoms with van der Waals surface area (Å²) in [6.45, 7) is 2.23. The SMILES string of the molecule is CCn1nc(C(=O)Nc2ccccc2)c2ccccc2c1=O. The molecule has 0 unspecified atom stereocenters. The van der Waals surface area contributed by atoms with E-state index in [-0.39, 0.29) is 17.2 Å². The van der Waals surface area contributed by atoms with Gasteiger partial charge in [0.2, 0.25) is 0 Å². The molecule has 1 aromatic heterocycles. The Morgan fingerprint density at radius 3 is 2.36 bits per heavy atom. The van der Waals surface area contributed by atoms with Crippen molar-refractivity contribution < 1.29 is 4.79 Å². The molecule has 0 atom stereocenters. The second-order valence-electron chi connectivity index (χ2n) is 4.84. The van der Waals surface area contributed by atoms with Gasteiger partial charge in [0, 0.05) is 17.6 Å². The summed E-state index contributed by atoms with van der Waals surface area (Å²) in [6.07, 6.45) is 0. The first-order valence-corrected chi connectivity index (χ1v) is 7.07. The molecule has 0 aliphatic rings. The second kappa shape index (κ2) is 5.81. The van der Waals surface area contributed by atoms with Gasteiger partial charge in [-0.1, -0.05) is 36.4 Å². The van der Waals surface area contributed by atoms with E-state index in [0.29, 0.717) is 23.0 Å². The molecule has 1 amide bonds. The van der Waals surface area contributed by atoms with Crippen LogP contribution in [0.1, 0.15) is 17.4 Å². The maximum atomic E-state index is 12.5. The number of amides is 1. The highest BCUT2D eigenvalue weighted by molar-refractivity contribution is 6.11. The molecular formula is C17H15N3O2. The second-order valence-corrected chi connectivity index (χ2v) is 4.84. The van der Waals surface area contributed by atoms with E-state index in [2.05, 4.69) is 10.4 Å². The number of rotatable bonds is 3. The summed E-state index contributed by atoms with van der Waals surface area (Å²) >= 11 is 0. The van der Waals surface area contributed by atoms with Crippen LogP contribution in [0.5, 0.6) is 0 Å². The summed E-state index contributed by atoms with van der Waals surface area (Å²) in [5, 5.41) is 8.07. The van der Waals surface area contributed by atoms with Crippen LogP contribution in [-0.2, 0) is 6.54 Å². The van der Waals surface area contributed by atoms with Gasteiger partial charge in [-0.25, -0.2) is 4.68 Å². The molecule has 22 heavy (non-hydrogen) atoms. The lowest BCUT2D eigenvalue weighted by Crippen LogP contribution is -2.27. The van der Waals surface area contributed by atoms with Crippen molar-refractivity contribution in [3.05, 3.63) is 70.6 Å². The number of hydrogen-bond acceptors (Lipinski definition) is 3. The van der Waals surface area contributed by atoms with Gasteiger partial charge in [-0.3, -0.25) is 9.59 Å². The predicted octanol–water partition coefficient (Wildman–Crippen LogP) is 2.67. The first-order chi connectivity index (χ1) is 10.7. The fourth-order valence-electron chi connectivity index (χ4n) is 2.33. The number of nitrogens with zero attached hydrogens (tertiary/aromatic N) is 2. The number of hydrogen-bond donors (Lipinski definition) is 1. The normalized spacial score (nSPS) is 10.6. The first kappa shape index (κ1) is 14.0. The molecule has 2 aromatic carbocycles. The summed E-state index contributed by atoms with van der Waals surface area (Å²) in [7, 11) is 0. The van der Waals surface area contributed by atoms with E-state index < -0.39 is 0 Å². The largest absolute Gasteiger partial charge is 0.321 e. The van der Waals surface area contributed by atoms with E-state index in [1.54, 1.807) is 36.4 Å². The van der Waals surface area contributed by atoms with Gasteiger partial charge in [-0.2, -0.15) is 5.10 Å². The van der Waals surface area contributed by atoms with Gasteiger partial charge in [0.15, 0.2) is 5.69 Å². The minimum Gasteiger partial charge on any atom is -0.321 e. The number of benzene rings is 2. The Bertz CT molecular complexity index is 885. The van der Waals surface area contributed by atoms with Crippen LogP contribution >= 0.6 is 0 Å². The molecule has 0 aliphatic carbocycles. The van der Waals surface area contributed by atoms with Gasteiger partial charge >= 0.3 is 0 Å². The van der Waals surface area contributed by atoms with Gasteiger partial charge in [-0.15, -0.1) is 0 Å². The van der Waals surface area contributed by atoms with Crippen molar-refractivity contribution >= 4 is 22.4 Å². The zero-order chi connectivity index (χ0) is 15.5. The minimum absolute atomic E-state index is 0.186. The van der Waals surface area contributed by atoms with Gasteiger partial charge in [0.05, 0.1) is 5.39 Å². The van der Waals surface area contributed by atoms with Crippen LogP contribution in [0, 0.1) is 0 Å². The molecule has 5 heteroatoms. The average molecular weight is 293 g/mol. The van der Waals surface area contributed by atoms with Crippen LogP contribution in [0.3, 0.4) is 0 Å². The van der Waals surface area contributed by atoms with Crippen LogP contribution < -0.4 is 10.9 Å². The minimum atomic E-state index is -0.329. The molecule has 0 fully saturated rings. The number of carbonyl (C=O) groups excluding carboxylic acids is 1. The number of fused-ring (bicyclic) bond motifs is 1. The van der Waals surface area contributed by atoms with Crippen molar-refractivity contribution in [1.82, 2.24) is 9.78 Å². The van der Waals surface area contributed by atoms with E-state index >= 15 is 0 Å². The lowest BCUT2D eigenvalue weighted by molar-refractivity contribution is 0.102. The number of anilines is 1. The zero-order valence-electron chi connectivity index (χ0n) is 12.1. The number of aryl methyl sites for hydroxylation is 1. The topological polar surface area (TPSA) is 64.0 Å². The highest BCUT2D eigenvalue weighted by Crippen LogP contribution is 2.15.